The zero-order valence-electron chi connectivity index (χ0n) is 17.9. The highest BCUT2D eigenvalue weighted by molar-refractivity contribution is 4.58. The van der Waals surface area contributed by atoms with E-state index in [4.69, 9.17) is 0 Å². The van der Waals surface area contributed by atoms with E-state index >= 15 is 0 Å². The van der Waals surface area contributed by atoms with E-state index in [-0.39, 0.29) is 6.10 Å². The Balaban J connectivity index is 3.12. The summed E-state index contributed by atoms with van der Waals surface area (Å²) in [6.45, 7) is 4.56. The minimum Gasteiger partial charge on any atom is -0.393 e. The molecule has 0 heterocycles. The van der Waals surface area contributed by atoms with Gasteiger partial charge < -0.3 is 5.11 Å². The number of aliphatic hydroxyl groups excluding tert-OH is 1. The number of hydrogen-bond donors (Lipinski definition) is 1. The topological polar surface area (TPSA) is 20.2 Å². The summed E-state index contributed by atoms with van der Waals surface area (Å²) in [6.07, 6.45) is 28.2. The predicted molar refractivity (Wildman–Crippen MR) is 114 cm³/mol. The molecule has 1 unspecified atom stereocenters. The van der Waals surface area contributed by atoms with Crippen LogP contribution < -0.4 is 0 Å². The molecule has 0 aromatic heterocycles. The first-order valence-corrected chi connectivity index (χ1v) is 12.0. The van der Waals surface area contributed by atoms with E-state index in [1.54, 1.807) is 0 Å². The van der Waals surface area contributed by atoms with Crippen LogP contribution in [-0.4, -0.2) is 11.2 Å². The van der Waals surface area contributed by atoms with E-state index in [9.17, 15) is 5.11 Å². The Morgan fingerprint density at radius 1 is 0.400 bits per heavy atom. The summed E-state index contributed by atoms with van der Waals surface area (Å²) >= 11 is 0. The molecule has 0 bridgehead atoms. The van der Waals surface area contributed by atoms with Crippen molar-refractivity contribution in [2.24, 2.45) is 0 Å². The number of rotatable bonds is 21. The maximum atomic E-state index is 10.1. The SMILES string of the molecule is CCCCCCCCCCCCC(O)CCCCCCCCCCC. The van der Waals surface area contributed by atoms with Crippen LogP contribution in [-0.2, 0) is 0 Å². The van der Waals surface area contributed by atoms with Crippen molar-refractivity contribution in [2.45, 2.75) is 155 Å². The zero-order chi connectivity index (χ0) is 18.4. The van der Waals surface area contributed by atoms with Crippen molar-refractivity contribution in [3.05, 3.63) is 0 Å². The Hall–Kier alpha value is -0.0400. The summed E-state index contributed by atoms with van der Waals surface area (Å²) in [4.78, 5) is 0. The van der Waals surface area contributed by atoms with Crippen LogP contribution in [0.1, 0.15) is 149 Å². The van der Waals surface area contributed by atoms with E-state index < -0.39 is 0 Å². The van der Waals surface area contributed by atoms with Crippen LogP contribution in [0.5, 0.6) is 0 Å². The molecule has 0 rings (SSSR count). The van der Waals surface area contributed by atoms with Gasteiger partial charge in [-0.1, -0.05) is 136 Å². The smallest absolute Gasteiger partial charge is 0.0540 e. The normalized spacial score (nSPS) is 12.6. The number of aliphatic hydroxyl groups is 1. The first-order valence-electron chi connectivity index (χ1n) is 12.0. The second-order valence-electron chi connectivity index (χ2n) is 8.24. The lowest BCUT2D eigenvalue weighted by atomic mass is 10.0. The van der Waals surface area contributed by atoms with Crippen LogP contribution in [0.15, 0.2) is 0 Å². The molecule has 1 heteroatoms. The van der Waals surface area contributed by atoms with Crippen LogP contribution in [0.3, 0.4) is 0 Å². The van der Waals surface area contributed by atoms with Gasteiger partial charge in [0.05, 0.1) is 6.10 Å². The van der Waals surface area contributed by atoms with Crippen molar-refractivity contribution in [1.29, 1.82) is 0 Å². The molecular weight excluding hydrogens is 304 g/mol. The van der Waals surface area contributed by atoms with E-state index in [0.29, 0.717) is 0 Å². The van der Waals surface area contributed by atoms with Gasteiger partial charge in [-0.2, -0.15) is 0 Å². The summed E-state index contributed by atoms with van der Waals surface area (Å²) in [5, 5.41) is 10.1. The highest BCUT2D eigenvalue weighted by Crippen LogP contribution is 2.15. The first kappa shape index (κ1) is 25.0. The van der Waals surface area contributed by atoms with Gasteiger partial charge >= 0.3 is 0 Å². The molecule has 0 saturated carbocycles. The zero-order valence-corrected chi connectivity index (χ0v) is 17.9. The molecule has 25 heavy (non-hydrogen) atoms. The summed E-state index contributed by atoms with van der Waals surface area (Å²) < 4.78 is 0. The van der Waals surface area contributed by atoms with Crippen LogP contribution >= 0.6 is 0 Å². The fraction of sp³-hybridized carbons (Fsp3) is 1.00. The fourth-order valence-electron chi connectivity index (χ4n) is 3.70. The van der Waals surface area contributed by atoms with Crippen molar-refractivity contribution in [2.75, 3.05) is 0 Å². The monoisotopic (exact) mass is 354 g/mol. The van der Waals surface area contributed by atoms with Crippen LogP contribution in [0.25, 0.3) is 0 Å². The standard InChI is InChI=1S/C24H50O/c1-3-5-7-9-11-13-15-17-19-21-23-24(25)22-20-18-16-14-12-10-8-6-4-2/h24-25H,3-23H2,1-2H3. The average molecular weight is 355 g/mol. The Morgan fingerprint density at radius 2 is 0.640 bits per heavy atom. The lowest BCUT2D eigenvalue weighted by Gasteiger charge is -2.10. The Kier molecular flexibility index (Phi) is 22.0. The quantitative estimate of drug-likeness (QED) is 0.205. The van der Waals surface area contributed by atoms with Crippen molar-refractivity contribution in [3.8, 4) is 0 Å². The second kappa shape index (κ2) is 22.0. The van der Waals surface area contributed by atoms with Crippen molar-refractivity contribution in [3.63, 3.8) is 0 Å². The molecule has 0 radical (unpaired) electrons. The van der Waals surface area contributed by atoms with Gasteiger partial charge in [-0.3, -0.25) is 0 Å². The number of unbranched alkanes of at least 4 members (excludes halogenated alkanes) is 17. The van der Waals surface area contributed by atoms with Gasteiger partial charge in [-0.25, -0.2) is 0 Å². The summed E-state index contributed by atoms with van der Waals surface area (Å²) in [5.41, 5.74) is 0. The van der Waals surface area contributed by atoms with Crippen LogP contribution in [0.2, 0.25) is 0 Å². The van der Waals surface area contributed by atoms with Crippen LogP contribution in [0.4, 0.5) is 0 Å². The summed E-state index contributed by atoms with van der Waals surface area (Å²) in [7, 11) is 0. The minimum absolute atomic E-state index is 0.0291. The lowest BCUT2D eigenvalue weighted by molar-refractivity contribution is 0.147. The molecule has 0 fully saturated rings. The van der Waals surface area contributed by atoms with Gasteiger partial charge in [-0.05, 0) is 12.8 Å². The molecule has 0 aliphatic carbocycles. The summed E-state index contributed by atoms with van der Waals surface area (Å²) in [5.74, 6) is 0. The van der Waals surface area contributed by atoms with E-state index in [1.165, 1.54) is 122 Å². The van der Waals surface area contributed by atoms with E-state index in [1.807, 2.05) is 0 Å². The lowest BCUT2D eigenvalue weighted by Crippen LogP contribution is -2.05. The molecule has 1 atom stereocenters. The highest BCUT2D eigenvalue weighted by atomic mass is 16.3. The molecular formula is C24H50O. The Labute approximate surface area is 160 Å². The fourth-order valence-corrected chi connectivity index (χ4v) is 3.70. The predicted octanol–water partition coefficient (Wildman–Crippen LogP) is 8.58. The average Bonchev–Trinajstić information content (AvgIpc) is 2.62. The minimum atomic E-state index is -0.0291. The largest absolute Gasteiger partial charge is 0.393 e. The maximum absolute atomic E-state index is 10.1. The third-order valence-electron chi connectivity index (χ3n) is 5.53. The van der Waals surface area contributed by atoms with Crippen molar-refractivity contribution >= 4 is 0 Å². The van der Waals surface area contributed by atoms with Crippen LogP contribution in [0, 0.1) is 0 Å². The van der Waals surface area contributed by atoms with Gasteiger partial charge in [0, 0.05) is 0 Å². The summed E-state index contributed by atoms with van der Waals surface area (Å²) in [6, 6.07) is 0. The Morgan fingerprint density at radius 3 is 0.920 bits per heavy atom. The highest BCUT2D eigenvalue weighted by Gasteiger charge is 2.03. The third-order valence-corrected chi connectivity index (χ3v) is 5.53. The molecule has 0 amide bonds. The molecule has 0 aromatic rings. The van der Waals surface area contributed by atoms with Gasteiger partial charge in [0.2, 0.25) is 0 Å². The molecule has 0 aromatic carbocycles. The number of hydrogen-bond acceptors (Lipinski definition) is 1. The second-order valence-corrected chi connectivity index (χ2v) is 8.24. The Bertz CT molecular complexity index is 226. The van der Waals surface area contributed by atoms with Crippen molar-refractivity contribution < 1.29 is 5.11 Å². The molecule has 1 N–H and O–H groups in total. The van der Waals surface area contributed by atoms with Gasteiger partial charge in [0.15, 0.2) is 0 Å². The van der Waals surface area contributed by atoms with Gasteiger partial charge in [0.25, 0.3) is 0 Å². The molecule has 152 valence electrons. The third kappa shape index (κ3) is 21.9. The maximum Gasteiger partial charge on any atom is 0.0540 e. The molecule has 0 saturated heterocycles. The van der Waals surface area contributed by atoms with Crippen molar-refractivity contribution in [1.82, 2.24) is 0 Å². The van der Waals surface area contributed by atoms with Gasteiger partial charge in [-0.15, -0.1) is 0 Å². The van der Waals surface area contributed by atoms with Gasteiger partial charge in [0.1, 0.15) is 0 Å². The molecule has 0 aliphatic heterocycles. The molecule has 0 spiro atoms. The van der Waals surface area contributed by atoms with E-state index in [0.717, 1.165) is 12.8 Å². The first-order chi connectivity index (χ1) is 12.3. The molecule has 0 aliphatic rings. The molecule has 1 nitrogen and oxygen atoms in total. The van der Waals surface area contributed by atoms with E-state index in [2.05, 4.69) is 13.8 Å².